The van der Waals surface area contributed by atoms with E-state index in [1.807, 2.05) is 50.3 Å². The summed E-state index contributed by atoms with van der Waals surface area (Å²) < 4.78 is 10.7. The molecule has 0 N–H and O–H groups in total. The number of esters is 2. The molecule has 4 unspecified atom stereocenters. The minimum Gasteiger partial charge on any atom is -0.468 e. The number of likely N-dealkylation sites (tertiary alicyclic amines) is 2. The van der Waals surface area contributed by atoms with Crippen LogP contribution < -0.4 is 0 Å². The summed E-state index contributed by atoms with van der Waals surface area (Å²) in [5, 5.41) is 0. The number of nitrogens with zero attached hydrogens (tertiary/aromatic N) is 5. The largest absolute Gasteiger partial charge is 0.468 e. The molecule has 10 nitrogen and oxygen atoms in total. The summed E-state index contributed by atoms with van der Waals surface area (Å²) >= 11 is 0. The van der Waals surface area contributed by atoms with Gasteiger partial charge in [0.05, 0.1) is 37.7 Å². The molecule has 0 spiro atoms. The maximum Gasteiger partial charge on any atom is 0.321 e. The second kappa shape index (κ2) is 11.3. The highest BCUT2D eigenvalue weighted by molar-refractivity contribution is 6.16. The lowest BCUT2D eigenvalue weighted by Crippen LogP contribution is -2.69. The number of pyridine rings is 2. The number of Topliss-reactive ketones (excluding diaryl/α,β-unsaturated/α-hetero) is 1. The molecular weight excluding hydrogens is 486 g/mol. The van der Waals surface area contributed by atoms with Crippen LogP contribution in [-0.4, -0.2) is 104 Å². The van der Waals surface area contributed by atoms with Gasteiger partial charge in [0.25, 0.3) is 0 Å². The van der Waals surface area contributed by atoms with Crippen LogP contribution in [0.3, 0.4) is 0 Å². The first-order valence-corrected chi connectivity index (χ1v) is 12.9. The molecule has 2 fully saturated rings. The smallest absolute Gasteiger partial charge is 0.321 e. The first kappa shape index (κ1) is 27.8. The van der Waals surface area contributed by atoms with Crippen molar-refractivity contribution < 1.29 is 23.9 Å². The second-order valence-electron chi connectivity index (χ2n) is 10.4. The summed E-state index contributed by atoms with van der Waals surface area (Å²) in [4.78, 5) is 58.1. The molecule has 0 amide bonds. The molecule has 4 heterocycles. The fraction of sp³-hybridized carbons (Fsp3) is 0.536. The quantitative estimate of drug-likeness (QED) is 0.394. The van der Waals surface area contributed by atoms with Crippen LogP contribution >= 0.6 is 0 Å². The van der Waals surface area contributed by atoms with Crippen molar-refractivity contribution in [3.8, 4) is 0 Å². The number of ether oxygens (including phenoxy) is 2. The molecule has 38 heavy (non-hydrogen) atoms. The molecule has 2 aliphatic heterocycles. The zero-order valence-corrected chi connectivity index (χ0v) is 22.8. The van der Waals surface area contributed by atoms with Crippen LogP contribution in [0.5, 0.6) is 0 Å². The molecule has 2 aromatic rings. The normalized spacial score (nSPS) is 28.4. The first-order chi connectivity index (χ1) is 18.2. The van der Waals surface area contributed by atoms with E-state index in [1.54, 1.807) is 24.5 Å². The molecule has 0 saturated carbocycles. The topological polar surface area (TPSA) is 105 Å². The Morgan fingerprint density at radius 1 is 0.921 bits per heavy atom. The molecule has 0 radical (unpaired) electrons. The van der Waals surface area contributed by atoms with E-state index in [1.165, 1.54) is 14.2 Å². The Bertz CT molecular complexity index is 1070. The average molecular weight is 524 g/mol. The summed E-state index contributed by atoms with van der Waals surface area (Å²) in [5.74, 6) is -1.83. The van der Waals surface area contributed by atoms with Crippen molar-refractivity contribution in [2.24, 2.45) is 10.8 Å². The number of carbonyl (C=O) groups excluding carboxylic acids is 3. The van der Waals surface area contributed by atoms with Gasteiger partial charge in [-0.15, -0.1) is 0 Å². The zero-order valence-electron chi connectivity index (χ0n) is 22.8. The van der Waals surface area contributed by atoms with Gasteiger partial charge in [-0.25, -0.2) is 0 Å². The Hall–Kier alpha value is -3.21. The Labute approximate surface area is 223 Å². The van der Waals surface area contributed by atoms with Crippen LogP contribution in [0.1, 0.15) is 36.3 Å². The maximum absolute atomic E-state index is 15.0. The highest BCUT2D eigenvalue weighted by Gasteiger charge is 2.72. The number of likely N-dealkylation sites (N-methyl/N-ethyl adjacent to an activating group) is 1. The van der Waals surface area contributed by atoms with Crippen molar-refractivity contribution in [1.82, 2.24) is 24.7 Å². The van der Waals surface area contributed by atoms with Crippen LogP contribution in [0.15, 0.2) is 48.8 Å². The van der Waals surface area contributed by atoms with Gasteiger partial charge in [-0.3, -0.25) is 29.3 Å². The van der Waals surface area contributed by atoms with E-state index >= 15 is 4.79 Å². The minimum absolute atomic E-state index is 0.172. The van der Waals surface area contributed by atoms with E-state index in [4.69, 9.17) is 9.47 Å². The number of methoxy groups -OCH3 is 2. The summed E-state index contributed by atoms with van der Waals surface area (Å²) in [6.45, 7) is 2.47. The van der Waals surface area contributed by atoms with Crippen molar-refractivity contribution in [2.75, 3.05) is 61.5 Å². The van der Waals surface area contributed by atoms with E-state index < -0.39 is 40.6 Å². The van der Waals surface area contributed by atoms with Crippen LogP contribution in [0, 0.1) is 10.8 Å². The highest BCUT2D eigenvalue weighted by Crippen LogP contribution is 2.60. The lowest BCUT2D eigenvalue weighted by atomic mass is 9.54. The maximum atomic E-state index is 15.0. The van der Waals surface area contributed by atoms with E-state index in [2.05, 4.69) is 19.8 Å². The standard InChI is InChI=1S/C28H37N5O5/c1-31(2)18-19-33-16-12-27(25(35)37-4)22(20-10-6-8-14-29-20)32(3)23(21-11-7-9-15-30-21)28(13-17-33,24(27)34)26(36)38-5/h6-11,14-15,22-23H,12-13,16-19H2,1-5H3. The van der Waals surface area contributed by atoms with Gasteiger partial charge >= 0.3 is 11.9 Å². The van der Waals surface area contributed by atoms with E-state index in [9.17, 15) is 9.59 Å². The number of piperidine rings is 1. The van der Waals surface area contributed by atoms with Crippen LogP contribution in [0.4, 0.5) is 0 Å². The summed E-state index contributed by atoms with van der Waals surface area (Å²) in [7, 11) is 8.39. The fourth-order valence-electron chi connectivity index (χ4n) is 6.31. The third-order valence-corrected chi connectivity index (χ3v) is 8.10. The van der Waals surface area contributed by atoms with Crippen LogP contribution in [0.2, 0.25) is 0 Å². The predicted molar refractivity (Wildman–Crippen MR) is 140 cm³/mol. The Kier molecular flexibility index (Phi) is 8.25. The molecule has 4 atom stereocenters. The summed E-state index contributed by atoms with van der Waals surface area (Å²) in [6.07, 6.45) is 3.63. The molecule has 0 aliphatic carbocycles. The van der Waals surface area contributed by atoms with Crippen molar-refractivity contribution in [2.45, 2.75) is 24.9 Å². The lowest BCUT2D eigenvalue weighted by Gasteiger charge is -2.57. The first-order valence-electron chi connectivity index (χ1n) is 12.9. The van der Waals surface area contributed by atoms with Gasteiger partial charge < -0.3 is 19.3 Å². The van der Waals surface area contributed by atoms with Crippen molar-refractivity contribution in [3.05, 3.63) is 60.2 Å². The van der Waals surface area contributed by atoms with Crippen molar-refractivity contribution >= 4 is 17.7 Å². The number of ketones is 1. The van der Waals surface area contributed by atoms with Gasteiger partial charge in [-0.1, -0.05) is 12.1 Å². The predicted octanol–water partition coefficient (Wildman–Crippen LogP) is 1.75. The van der Waals surface area contributed by atoms with Gasteiger partial charge in [0.1, 0.15) is 10.8 Å². The number of carbonyl (C=O) groups is 3. The van der Waals surface area contributed by atoms with Gasteiger partial charge in [0.15, 0.2) is 5.78 Å². The number of aromatic nitrogens is 2. The fourth-order valence-corrected chi connectivity index (χ4v) is 6.31. The summed E-state index contributed by atoms with van der Waals surface area (Å²) in [6, 6.07) is 9.27. The SMILES string of the molecule is COC(=O)C12CCN(CCN(C)C)CCC(C(=O)OC)(C1=O)C(c1ccccn1)N(C)C2c1ccccn1. The molecule has 2 bridgehead atoms. The average Bonchev–Trinajstić information content (AvgIpc) is 2.93. The summed E-state index contributed by atoms with van der Waals surface area (Å²) in [5.41, 5.74) is -2.27. The molecule has 2 aromatic heterocycles. The number of hydrogen-bond acceptors (Lipinski definition) is 10. The minimum atomic E-state index is -1.69. The molecule has 0 aromatic carbocycles. The molecule has 4 rings (SSSR count). The third kappa shape index (κ3) is 4.50. The molecule has 204 valence electrons. The van der Waals surface area contributed by atoms with E-state index in [0.29, 0.717) is 31.0 Å². The van der Waals surface area contributed by atoms with Crippen LogP contribution in [-0.2, 0) is 23.9 Å². The number of hydrogen-bond donors (Lipinski definition) is 0. The molecule has 2 aliphatic rings. The Balaban J connectivity index is 2.01. The van der Waals surface area contributed by atoms with Gasteiger partial charge in [0, 0.05) is 25.5 Å². The third-order valence-electron chi connectivity index (χ3n) is 8.10. The number of fused-ring (bicyclic) bond motifs is 2. The second-order valence-corrected chi connectivity index (χ2v) is 10.4. The number of rotatable bonds is 7. The van der Waals surface area contributed by atoms with E-state index in [-0.39, 0.29) is 12.8 Å². The Morgan fingerprint density at radius 3 is 1.76 bits per heavy atom. The van der Waals surface area contributed by atoms with Gasteiger partial charge in [-0.2, -0.15) is 0 Å². The van der Waals surface area contributed by atoms with Crippen LogP contribution in [0.25, 0.3) is 0 Å². The highest BCUT2D eigenvalue weighted by atomic mass is 16.5. The van der Waals surface area contributed by atoms with E-state index in [0.717, 1.165) is 6.54 Å². The molecular formula is C28H37N5O5. The zero-order chi connectivity index (χ0) is 27.5. The molecule has 10 heteroatoms. The Morgan fingerprint density at radius 2 is 1.39 bits per heavy atom. The van der Waals surface area contributed by atoms with Gasteiger partial charge in [0.2, 0.25) is 0 Å². The monoisotopic (exact) mass is 523 g/mol. The molecule has 2 saturated heterocycles. The van der Waals surface area contributed by atoms with Crippen molar-refractivity contribution in [1.29, 1.82) is 0 Å². The van der Waals surface area contributed by atoms with Crippen molar-refractivity contribution in [3.63, 3.8) is 0 Å². The van der Waals surface area contributed by atoms with Gasteiger partial charge in [-0.05, 0) is 71.3 Å². The lowest BCUT2D eigenvalue weighted by molar-refractivity contribution is -0.194.